The Hall–Kier alpha value is -9.92. The molecule has 8 aromatic carbocycles. The van der Waals surface area contributed by atoms with Crippen LogP contribution in [0.1, 0.15) is 17.0 Å². The molecule has 0 amide bonds. The van der Waals surface area contributed by atoms with Crippen molar-refractivity contribution in [2.75, 3.05) is 4.90 Å². The molecule has 4 aromatic heterocycles. The standard InChI is InChI=1S/C66H44N8/c1-6-20-43(21-7-1)54-40-55(44-22-8-2-9-23-44)68-64(67-54)58-42-59(65-69-56(45-24-10-3-11-25-45)41-57(70-65)46-26-12-4-13-27-46)72-66(71-58)74-61-33-19-17-31-51(61)53-39-48(35-37-63(53)74)47-34-36-62-52(38-47)50-30-16-18-32-60(50)73(62)49-28-14-5-15-29-49/h1-42,53,63H. The molecule has 14 rings (SSSR count). The number of rotatable bonds is 9. The zero-order chi connectivity index (χ0) is 49.0. The number of nitrogens with zero attached hydrogens (tertiary/aromatic N) is 8. The molecule has 0 fully saturated rings. The number of allylic oxidation sites excluding steroid dienone is 2. The fourth-order valence-electron chi connectivity index (χ4n) is 10.7. The van der Waals surface area contributed by atoms with Gasteiger partial charge in [-0.1, -0.05) is 200 Å². The van der Waals surface area contributed by atoms with Gasteiger partial charge >= 0.3 is 0 Å². The molecule has 0 saturated heterocycles. The Morgan fingerprint density at radius 3 is 1.36 bits per heavy atom. The molecule has 2 atom stereocenters. The predicted octanol–water partition coefficient (Wildman–Crippen LogP) is 15.4. The lowest BCUT2D eigenvalue weighted by atomic mass is 9.86. The molecule has 0 radical (unpaired) electrons. The summed E-state index contributed by atoms with van der Waals surface area (Å²) in [7, 11) is 0. The van der Waals surface area contributed by atoms with Crippen LogP contribution < -0.4 is 4.90 Å². The number of fused-ring (bicyclic) bond motifs is 6. The Kier molecular flexibility index (Phi) is 10.5. The van der Waals surface area contributed by atoms with Crippen LogP contribution in [0.15, 0.2) is 255 Å². The van der Waals surface area contributed by atoms with Gasteiger partial charge < -0.3 is 9.47 Å². The molecule has 1 aliphatic heterocycles. The number of anilines is 2. The second-order valence-corrected chi connectivity index (χ2v) is 18.7. The molecule has 2 unspecified atom stereocenters. The van der Waals surface area contributed by atoms with Crippen molar-refractivity contribution >= 4 is 39.0 Å². The van der Waals surface area contributed by atoms with Crippen LogP contribution in [0.2, 0.25) is 0 Å². The number of hydrogen-bond donors (Lipinski definition) is 0. The summed E-state index contributed by atoms with van der Waals surface area (Å²) in [6.45, 7) is 0. The number of benzene rings is 8. The second-order valence-electron chi connectivity index (χ2n) is 18.7. The van der Waals surface area contributed by atoms with E-state index >= 15 is 0 Å². The summed E-state index contributed by atoms with van der Waals surface area (Å²) < 4.78 is 2.36. The Balaban J connectivity index is 0.940. The summed E-state index contributed by atoms with van der Waals surface area (Å²) in [5.41, 5.74) is 16.2. The zero-order valence-corrected chi connectivity index (χ0v) is 40.0. The topological polar surface area (TPSA) is 85.5 Å². The van der Waals surface area contributed by atoms with E-state index in [0.717, 1.165) is 67.5 Å². The van der Waals surface area contributed by atoms with Crippen molar-refractivity contribution in [2.45, 2.75) is 12.0 Å². The quantitative estimate of drug-likeness (QED) is 0.142. The van der Waals surface area contributed by atoms with Gasteiger partial charge in [0.25, 0.3) is 0 Å². The Morgan fingerprint density at radius 1 is 0.351 bits per heavy atom. The maximum absolute atomic E-state index is 5.48. The van der Waals surface area contributed by atoms with Crippen molar-refractivity contribution in [3.05, 3.63) is 266 Å². The van der Waals surface area contributed by atoms with E-state index in [1.54, 1.807) is 0 Å². The van der Waals surface area contributed by atoms with Gasteiger partial charge in [-0.25, -0.2) is 29.9 Å². The summed E-state index contributed by atoms with van der Waals surface area (Å²) in [4.78, 5) is 34.3. The van der Waals surface area contributed by atoms with Crippen molar-refractivity contribution in [1.82, 2.24) is 34.5 Å². The fraction of sp³-hybridized carbons (Fsp3) is 0.0303. The Labute approximate surface area is 428 Å². The molecule has 74 heavy (non-hydrogen) atoms. The van der Waals surface area contributed by atoms with Crippen LogP contribution >= 0.6 is 0 Å². The van der Waals surface area contributed by atoms with Gasteiger partial charge in [0.1, 0.15) is 11.4 Å². The molecule has 0 bridgehead atoms. The predicted molar refractivity (Wildman–Crippen MR) is 299 cm³/mol. The lowest BCUT2D eigenvalue weighted by molar-refractivity contribution is 0.732. The van der Waals surface area contributed by atoms with Gasteiger partial charge in [0.2, 0.25) is 5.95 Å². The minimum Gasteiger partial charge on any atom is -0.309 e. The van der Waals surface area contributed by atoms with Gasteiger partial charge in [0, 0.05) is 50.3 Å². The molecule has 0 spiro atoms. The second kappa shape index (κ2) is 18.0. The average Bonchev–Trinajstić information content (AvgIpc) is 4.01. The molecule has 8 heteroatoms. The summed E-state index contributed by atoms with van der Waals surface area (Å²) in [5, 5.41) is 2.44. The third-order valence-corrected chi connectivity index (χ3v) is 14.2. The minimum absolute atomic E-state index is 0.00653. The average molecular weight is 949 g/mol. The highest BCUT2D eigenvalue weighted by atomic mass is 15.3. The molecule has 348 valence electrons. The first-order valence-corrected chi connectivity index (χ1v) is 24.9. The molecular weight excluding hydrogens is 905 g/mol. The smallest absolute Gasteiger partial charge is 0.231 e. The molecular formula is C66H44N8. The largest absolute Gasteiger partial charge is 0.309 e. The van der Waals surface area contributed by atoms with E-state index in [1.807, 2.05) is 91.0 Å². The van der Waals surface area contributed by atoms with E-state index in [9.17, 15) is 0 Å². The van der Waals surface area contributed by atoms with Crippen molar-refractivity contribution in [2.24, 2.45) is 0 Å². The highest BCUT2D eigenvalue weighted by molar-refractivity contribution is 6.10. The Morgan fingerprint density at radius 2 is 0.811 bits per heavy atom. The van der Waals surface area contributed by atoms with Crippen molar-refractivity contribution in [1.29, 1.82) is 0 Å². The van der Waals surface area contributed by atoms with Gasteiger partial charge in [-0.2, -0.15) is 0 Å². The van der Waals surface area contributed by atoms with Gasteiger partial charge in [-0.15, -0.1) is 0 Å². The first-order chi connectivity index (χ1) is 36.7. The highest BCUT2D eigenvalue weighted by Gasteiger charge is 2.40. The van der Waals surface area contributed by atoms with Crippen LogP contribution in [0.4, 0.5) is 11.6 Å². The molecule has 5 heterocycles. The highest BCUT2D eigenvalue weighted by Crippen LogP contribution is 2.49. The Bertz CT molecular complexity index is 3880. The third kappa shape index (κ3) is 7.64. The van der Waals surface area contributed by atoms with E-state index in [-0.39, 0.29) is 12.0 Å². The summed E-state index contributed by atoms with van der Waals surface area (Å²) in [6, 6.07) is 81.6. The first kappa shape index (κ1) is 42.9. The van der Waals surface area contributed by atoms with Crippen molar-refractivity contribution in [3.63, 3.8) is 0 Å². The minimum atomic E-state index is -0.143. The van der Waals surface area contributed by atoms with Crippen molar-refractivity contribution < 1.29 is 0 Å². The third-order valence-electron chi connectivity index (χ3n) is 14.2. The SMILES string of the molecule is C1=CC2C(C=C1c1ccc3c(c1)c1ccccc1n3-c1ccccc1)c1ccccc1N2c1nc(-c2nc(-c3ccccc3)cc(-c3ccccc3)n2)cc(-c2nc(-c3ccccc3)cc(-c3ccccc3)n2)n1. The number of aromatic nitrogens is 7. The van der Waals surface area contributed by atoms with E-state index in [1.165, 1.54) is 27.4 Å². The molecule has 0 saturated carbocycles. The molecule has 12 aromatic rings. The summed E-state index contributed by atoms with van der Waals surface area (Å²) in [5.74, 6) is 1.42. The molecule has 8 nitrogen and oxygen atoms in total. The number of hydrogen-bond acceptors (Lipinski definition) is 7. The zero-order valence-electron chi connectivity index (χ0n) is 40.0. The van der Waals surface area contributed by atoms with Crippen molar-refractivity contribution in [3.8, 4) is 73.8 Å². The van der Waals surface area contributed by atoms with Crippen LogP contribution in [0.5, 0.6) is 0 Å². The van der Waals surface area contributed by atoms with Gasteiger partial charge in [-0.3, -0.25) is 0 Å². The van der Waals surface area contributed by atoms with Gasteiger partial charge in [0.05, 0.1) is 39.9 Å². The number of para-hydroxylation sites is 3. The van der Waals surface area contributed by atoms with Crippen LogP contribution in [-0.4, -0.2) is 40.5 Å². The summed E-state index contributed by atoms with van der Waals surface area (Å²) >= 11 is 0. The van der Waals surface area contributed by atoms with Crippen LogP contribution in [0.3, 0.4) is 0 Å². The molecule has 2 aliphatic rings. The first-order valence-electron chi connectivity index (χ1n) is 24.9. The van der Waals surface area contributed by atoms with Crippen LogP contribution in [0.25, 0.3) is 101 Å². The van der Waals surface area contributed by atoms with Crippen LogP contribution in [0, 0.1) is 0 Å². The lowest BCUT2D eigenvalue weighted by Gasteiger charge is -2.28. The van der Waals surface area contributed by atoms with Crippen LogP contribution in [-0.2, 0) is 0 Å². The van der Waals surface area contributed by atoms with E-state index in [2.05, 4.69) is 173 Å². The van der Waals surface area contributed by atoms with Gasteiger partial charge in [0.15, 0.2) is 11.6 Å². The molecule has 1 aliphatic carbocycles. The summed E-state index contributed by atoms with van der Waals surface area (Å²) in [6.07, 6.45) is 7.00. The monoisotopic (exact) mass is 948 g/mol. The maximum atomic E-state index is 5.48. The van der Waals surface area contributed by atoms with E-state index < -0.39 is 0 Å². The fourth-order valence-corrected chi connectivity index (χ4v) is 10.7. The molecule has 0 N–H and O–H groups in total. The van der Waals surface area contributed by atoms with Gasteiger partial charge in [-0.05, 0) is 71.3 Å². The van der Waals surface area contributed by atoms with E-state index in [4.69, 9.17) is 29.9 Å². The maximum Gasteiger partial charge on any atom is 0.231 e. The van der Waals surface area contributed by atoms with E-state index in [0.29, 0.717) is 29.0 Å². The normalized spacial score (nSPS) is 14.8. The lowest BCUT2D eigenvalue weighted by Crippen LogP contribution is -2.30.